The maximum absolute atomic E-state index is 12.2. The summed E-state index contributed by atoms with van der Waals surface area (Å²) >= 11 is 0. The van der Waals surface area contributed by atoms with Crippen LogP contribution in [-0.2, 0) is 6.54 Å². The lowest BCUT2D eigenvalue weighted by molar-refractivity contribution is 0.102. The van der Waals surface area contributed by atoms with E-state index >= 15 is 0 Å². The molecule has 4 nitrogen and oxygen atoms in total. The number of anilines is 1. The number of nitrogens with one attached hydrogen (secondary N) is 1. The predicted octanol–water partition coefficient (Wildman–Crippen LogP) is 3.79. The Balaban J connectivity index is 1.98. The number of rotatable bonds is 7. The molecule has 0 bridgehead atoms. The van der Waals surface area contributed by atoms with E-state index in [2.05, 4.69) is 36.2 Å². The summed E-state index contributed by atoms with van der Waals surface area (Å²) in [6.45, 7) is 7.32. The maximum Gasteiger partial charge on any atom is 0.255 e. The van der Waals surface area contributed by atoms with Gasteiger partial charge in [-0.15, -0.1) is 0 Å². The first kappa shape index (κ1) is 17.0. The number of benzene rings is 2. The van der Waals surface area contributed by atoms with Gasteiger partial charge in [0.05, 0.1) is 7.11 Å². The van der Waals surface area contributed by atoms with Crippen molar-refractivity contribution < 1.29 is 9.53 Å². The molecule has 0 aliphatic rings. The van der Waals surface area contributed by atoms with E-state index in [4.69, 9.17) is 4.74 Å². The molecular weight excluding hydrogens is 288 g/mol. The van der Waals surface area contributed by atoms with Gasteiger partial charge in [-0.25, -0.2) is 0 Å². The molecular formula is C19H24N2O2. The molecule has 0 aliphatic heterocycles. The van der Waals surface area contributed by atoms with Gasteiger partial charge in [-0.05, 0) is 55.1 Å². The quantitative estimate of drug-likeness (QED) is 0.846. The van der Waals surface area contributed by atoms with Crippen molar-refractivity contribution in [3.05, 3.63) is 59.7 Å². The predicted molar refractivity (Wildman–Crippen MR) is 94.0 cm³/mol. The van der Waals surface area contributed by atoms with Crippen molar-refractivity contribution >= 4 is 11.6 Å². The number of hydrogen-bond donors (Lipinski definition) is 1. The molecule has 1 amide bonds. The van der Waals surface area contributed by atoms with Crippen LogP contribution in [0.2, 0.25) is 0 Å². The van der Waals surface area contributed by atoms with Gasteiger partial charge < -0.3 is 10.1 Å². The van der Waals surface area contributed by atoms with Gasteiger partial charge in [0.2, 0.25) is 0 Å². The first-order valence-corrected chi connectivity index (χ1v) is 7.93. The summed E-state index contributed by atoms with van der Waals surface area (Å²) in [5.74, 6) is 0.617. The van der Waals surface area contributed by atoms with E-state index in [-0.39, 0.29) is 5.91 Å². The average Bonchev–Trinajstić information content (AvgIpc) is 2.61. The van der Waals surface area contributed by atoms with Crippen LogP contribution in [0.25, 0.3) is 0 Å². The van der Waals surface area contributed by atoms with Crippen LogP contribution >= 0.6 is 0 Å². The number of carbonyl (C=O) groups is 1. The fourth-order valence-electron chi connectivity index (χ4n) is 2.34. The van der Waals surface area contributed by atoms with Gasteiger partial charge in [0.25, 0.3) is 5.91 Å². The van der Waals surface area contributed by atoms with Crippen LogP contribution in [0.4, 0.5) is 5.69 Å². The van der Waals surface area contributed by atoms with Crippen LogP contribution in [-0.4, -0.2) is 31.0 Å². The lowest BCUT2D eigenvalue weighted by Crippen LogP contribution is -2.22. The highest BCUT2D eigenvalue weighted by molar-refractivity contribution is 6.04. The third-order valence-corrected chi connectivity index (χ3v) is 3.86. The number of ether oxygens (including phenoxy) is 1. The molecule has 2 aromatic rings. The van der Waals surface area contributed by atoms with E-state index in [0.717, 1.165) is 31.1 Å². The summed E-state index contributed by atoms with van der Waals surface area (Å²) in [6.07, 6.45) is 0. The topological polar surface area (TPSA) is 41.6 Å². The highest BCUT2D eigenvalue weighted by Crippen LogP contribution is 2.15. The van der Waals surface area contributed by atoms with Crippen LogP contribution in [0.3, 0.4) is 0 Å². The van der Waals surface area contributed by atoms with E-state index in [1.165, 1.54) is 5.56 Å². The van der Waals surface area contributed by atoms with Gasteiger partial charge in [0.1, 0.15) is 5.75 Å². The minimum absolute atomic E-state index is 0.121. The van der Waals surface area contributed by atoms with Gasteiger partial charge in [-0.3, -0.25) is 9.69 Å². The summed E-state index contributed by atoms with van der Waals surface area (Å²) < 4.78 is 5.09. The second-order valence-corrected chi connectivity index (χ2v) is 5.34. The zero-order valence-electron chi connectivity index (χ0n) is 14.0. The Kier molecular flexibility index (Phi) is 6.18. The molecule has 0 radical (unpaired) electrons. The van der Waals surface area contributed by atoms with Crippen LogP contribution in [0.15, 0.2) is 48.5 Å². The summed E-state index contributed by atoms with van der Waals surface area (Å²) in [6, 6.07) is 15.1. The van der Waals surface area contributed by atoms with Crippen molar-refractivity contribution in [3.8, 4) is 5.75 Å². The molecule has 23 heavy (non-hydrogen) atoms. The second kappa shape index (κ2) is 8.34. The van der Waals surface area contributed by atoms with E-state index in [9.17, 15) is 4.79 Å². The third-order valence-electron chi connectivity index (χ3n) is 3.86. The first-order valence-electron chi connectivity index (χ1n) is 7.93. The molecule has 0 saturated heterocycles. The van der Waals surface area contributed by atoms with E-state index in [0.29, 0.717) is 5.56 Å². The van der Waals surface area contributed by atoms with Gasteiger partial charge in [-0.1, -0.05) is 26.0 Å². The monoisotopic (exact) mass is 312 g/mol. The molecule has 122 valence electrons. The fraction of sp³-hybridized carbons (Fsp3) is 0.316. The number of methoxy groups -OCH3 is 1. The minimum Gasteiger partial charge on any atom is -0.497 e. The molecule has 1 N–H and O–H groups in total. The number of nitrogens with zero attached hydrogens (tertiary/aromatic N) is 1. The highest BCUT2D eigenvalue weighted by Gasteiger charge is 2.07. The molecule has 2 aromatic carbocycles. The summed E-state index contributed by atoms with van der Waals surface area (Å²) in [5, 5.41) is 2.91. The number of hydrogen-bond acceptors (Lipinski definition) is 3. The molecule has 0 unspecified atom stereocenters. The molecule has 0 heterocycles. The number of carbonyl (C=O) groups excluding carboxylic acids is 1. The van der Waals surface area contributed by atoms with Crippen LogP contribution in [0.1, 0.15) is 29.8 Å². The average molecular weight is 312 g/mol. The van der Waals surface area contributed by atoms with Crippen molar-refractivity contribution in [2.75, 3.05) is 25.5 Å². The first-order chi connectivity index (χ1) is 11.2. The molecule has 0 atom stereocenters. The molecule has 4 heteroatoms. The van der Waals surface area contributed by atoms with Crippen molar-refractivity contribution in [2.24, 2.45) is 0 Å². The SMILES string of the molecule is CCN(CC)Cc1ccc(NC(=O)c2ccc(OC)cc2)cc1. The normalized spacial score (nSPS) is 10.6. The maximum atomic E-state index is 12.2. The molecule has 0 spiro atoms. The van der Waals surface area contributed by atoms with E-state index in [1.54, 1.807) is 31.4 Å². The van der Waals surface area contributed by atoms with Crippen molar-refractivity contribution in [3.63, 3.8) is 0 Å². The van der Waals surface area contributed by atoms with Crippen molar-refractivity contribution in [1.82, 2.24) is 4.90 Å². The Bertz CT molecular complexity index is 617. The second-order valence-electron chi connectivity index (χ2n) is 5.34. The molecule has 0 aromatic heterocycles. The smallest absolute Gasteiger partial charge is 0.255 e. The Labute approximate surface area is 138 Å². The molecule has 0 saturated carbocycles. The zero-order valence-corrected chi connectivity index (χ0v) is 14.0. The van der Waals surface area contributed by atoms with Gasteiger partial charge in [0.15, 0.2) is 0 Å². The summed E-state index contributed by atoms with van der Waals surface area (Å²) in [7, 11) is 1.61. The molecule has 2 rings (SSSR count). The highest BCUT2D eigenvalue weighted by atomic mass is 16.5. The third kappa shape index (κ3) is 4.83. The largest absolute Gasteiger partial charge is 0.497 e. The summed E-state index contributed by atoms with van der Waals surface area (Å²) in [5.41, 5.74) is 2.66. The standard InChI is InChI=1S/C19H24N2O2/c1-4-21(5-2)14-15-6-10-17(11-7-15)20-19(22)16-8-12-18(23-3)13-9-16/h6-13H,4-5,14H2,1-3H3,(H,20,22). The van der Waals surface area contributed by atoms with E-state index in [1.807, 2.05) is 12.1 Å². The van der Waals surface area contributed by atoms with Crippen molar-refractivity contribution in [1.29, 1.82) is 0 Å². The number of amides is 1. The Morgan fingerprint density at radius 1 is 1.00 bits per heavy atom. The van der Waals surface area contributed by atoms with Crippen LogP contribution < -0.4 is 10.1 Å². The van der Waals surface area contributed by atoms with Crippen molar-refractivity contribution in [2.45, 2.75) is 20.4 Å². The summed E-state index contributed by atoms with van der Waals surface area (Å²) in [4.78, 5) is 14.6. The van der Waals surface area contributed by atoms with Crippen LogP contribution in [0, 0.1) is 0 Å². The Morgan fingerprint density at radius 3 is 2.13 bits per heavy atom. The van der Waals surface area contributed by atoms with Gasteiger partial charge in [-0.2, -0.15) is 0 Å². The Morgan fingerprint density at radius 2 is 1.61 bits per heavy atom. The zero-order chi connectivity index (χ0) is 16.7. The minimum atomic E-state index is -0.121. The lowest BCUT2D eigenvalue weighted by atomic mass is 10.1. The fourth-order valence-corrected chi connectivity index (χ4v) is 2.34. The Hall–Kier alpha value is -2.33. The lowest BCUT2D eigenvalue weighted by Gasteiger charge is -2.18. The van der Waals surface area contributed by atoms with Crippen LogP contribution in [0.5, 0.6) is 5.75 Å². The van der Waals surface area contributed by atoms with E-state index < -0.39 is 0 Å². The van der Waals surface area contributed by atoms with Gasteiger partial charge in [0, 0.05) is 17.8 Å². The molecule has 0 fully saturated rings. The van der Waals surface area contributed by atoms with Gasteiger partial charge >= 0.3 is 0 Å². The molecule has 0 aliphatic carbocycles.